The SMILES string of the molecule is C[C@@H]1CCO[C@@H]1C(=O)NC(c1nn[nH]n1)C1CCCCC1. The molecule has 21 heavy (non-hydrogen) atoms. The van der Waals surface area contributed by atoms with Crippen molar-refractivity contribution in [2.24, 2.45) is 11.8 Å². The first kappa shape index (κ1) is 14.4. The van der Waals surface area contributed by atoms with Gasteiger partial charge in [-0.25, -0.2) is 0 Å². The third kappa shape index (κ3) is 3.23. The predicted molar refractivity (Wildman–Crippen MR) is 75.2 cm³/mol. The van der Waals surface area contributed by atoms with Gasteiger partial charge >= 0.3 is 0 Å². The molecular formula is C14H23N5O2. The molecule has 7 nitrogen and oxygen atoms in total. The van der Waals surface area contributed by atoms with Crippen molar-refractivity contribution in [2.75, 3.05) is 6.61 Å². The average molecular weight is 293 g/mol. The molecule has 0 radical (unpaired) electrons. The number of rotatable bonds is 4. The van der Waals surface area contributed by atoms with E-state index in [-0.39, 0.29) is 24.0 Å². The minimum Gasteiger partial charge on any atom is -0.368 e. The van der Waals surface area contributed by atoms with E-state index >= 15 is 0 Å². The Morgan fingerprint density at radius 3 is 2.76 bits per heavy atom. The van der Waals surface area contributed by atoms with E-state index in [1.54, 1.807) is 0 Å². The van der Waals surface area contributed by atoms with Crippen LogP contribution in [-0.2, 0) is 9.53 Å². The van der Waals surface area contributed by atoms with Crippen molar-refractivity contribution in [1.29, 1.82) is 0 Å². The quantitative estimate of drug-likeness (QED) is 0.874. The highest BCUT2D eigenvalue weighted by atomic mass is 16.5. The fourth-order valence-corrected chi connectivity index (χ4v) is 3.43. The summed E-state index contributed by atoms with van der Waals surface area (Å²) in [5.74, 6) is 1.19. The van der Waals surface area contributed by atoms with Crippen LogP contribution in [0.2, 0.25) is 0 Å². The van der Waals surface area contributed by atoms with Crippen LogP contribution in [0, 0.1) is 11.8 Å². The van der Waals surface area contributed by atoms with Gasteiger partial charge in [0.2, 0.25) is 5.91 Å². The van der Waals surface area contributed by atoms with Gasteiger partial charge in [-0.05, 0) is 31.1 Å². The number of carbonyl (C=O) groups is 1. The molecule has 2 heterocycles. The molecular weight excluding hydrogens is 270 g/mol. The summed E-state index contributed by atoms with van der Waals surface area (Å²) in [6, 6.07) is -0.159. The highest BCUT2D eigenvalue weighted by Crippen LogP contribution is 2.33. The molecule has 7 heteroatoms. The minimum atomic E-state index is -0.344. The lowest BCUT2D eigenvalue weighted by Gasteiger charge is -2.29. The normalized spacial score (nSPS) is 28.4. The molecule has 1 saturated carbocycles. The van der Waals surface area contributed by atoms with E-state index in [1.807, 2.05) is 0 Å². The number of carbonyl (C=O) groups excluding carboxylic acids is 1. The molecule has 1 aromatic rings. The maximum atomic E-state index is 12.5. The van der Waals surface area contributed by atoms with E-state index in [4.69, 9.17) is 4.74 Å². The molecule has 2 aliphatic rings. The van der Waals surface area contributed by atoms with Crippen LogP contribution in [0.25, 0.3) is 0 Å². The van der Waals surface area contributed by atoms with Gasteiger partial charge in [-0.1, -0.05) is 31.4 Å². The summed E-state index contributed by atoms with van der Waals surface area (Å²) in [5, 5.41) is 17.4. The minimum absolute atomic E-state index is 0.0413. The molecule has 2 N–H and O–H groups in total. The van der Waals surface area contributed by atoms with Gasteiger partial charge in [-0.15, -0.1) is 10.2 Å². The molecule has 1 aliphatic heterocycles. The third-order valence-electron chi connectivity index (χ3n) is 4.70. The van der Waals surface area contributed by atoms with E-state index in [0.717, 1.165) is 19.3 Å². The predicted octanol–water partition coefficient (Wildman–Crippen LogP) is 1.36. The number of aromatic nitrogens is 4. The fraction of sp³-hybridized carbons (Fsp3) is 0.857. The Bertz CT molecular complexity index is 458. The molecule has 0 bridgehead atoms. The fourth-order valence-electron chi connectivity index (χ4n) is 3.43. The Morgan fingerprint density at radius 2 is 2.14 bits per heavy atom. The van der Waals surface area contributed by atoms with Crippen LogP contribution in [0.15, 0.2) is 0 Å². The van der Waals surface area contributed by atoms with Gasteiger partial charge in [-0.2, -0.15) is 5.21 Å². The highest BCUT2D eigenvalue weighted by Gasteiger charge is 2.35. The van der Waals surface area contributed by atoms with Crippen LogP contribution in [0.5, 0.6) is 0 Å². The Morgan fingerprint density at radius 1 is 1.33 bits per heavy atom. The smallest absolute Gasteiger partial charge is 0.250 e. The number of H-pyrrole nitrogens is 1. The number of hydrogen-bond acceptors (Lipinski definition) is 5. The van der Waals surface area contributed by atoms with Gasteiger partial charge < -0.3 is 10.1 Å². The second-order valence-electron chi connectivity index (χ2n) is 6.21. The lowest BCUT2D eigenvalue weighted by atomic mass is 9.83. The maximum absolute atomic E-state index is 12.5. The van der Waals surface area contributed by atoms with Crippen LogP contribution in [0.3, 0.4) is 0 Å². The maximum Gasteiger partial charge on any atom is 0.250 e. The van der Waals surface area contributed by atoms with E-state index in [0.29, 0.717) is 18.3 Å². The number of ether oxygens (including phenoxy) is 1. The summed E-state index contributed by atoms with van der Waals surface area (Å²) in [6.45, 7) is 2.72. The molecule has 116 valence electrons. The highest BCUT2D eigenvalue weighted by molar-refractivity contribution is 5.81. The molecule has 1 saturated heterocycles. The first-order chi connectivity index (χ1) is 10.3. The number of aromatic amines is 1. The first-order valence-corrected chi connectivity index (χ1v) is 7.91. The molecule has 3 atom stereocenters. The van der Waals surface area contributed by atoms with Crippen molar-refractivity contribution in [2.45, 2.75) is 57.6 Å². The average Bonchev–Trinajstić information content (AvgIpc) is 3.17. The summed E-state index contributed by atoms with van der Waals surface area (Å²) >= 11 is 0. The molecule has 1 aromatic heterocycles. The number of amides is 1. The molecule has 0 aromatic carbocycles. The molecule has 1 unspecified atom stereocenters. The standard InChI is InChI=1S/C14H23N5O2/c1-9-7-8-21-12(9)14(20)15-11(13-16-18-19-17-13)10-5-3-2-4-6-10/h9-12H,2-8H2,1H3,(H,15,20)(H,16,17,18,19)/t9-,11?,12+/m1/s1. The van der Waals surface area contributed by atoms with Crippen molar-refractivity contribution in [3.63, 3.8) is 0 Å². The van der Waals surface area contributed by atoms with Crippen LogP contribution in [0.1, 0.15) is 57.3 Å². The van der Waals surface area contributed by atoms with Crippen molar-refractivity contribution in [3.05, 3.63) is 5.82 Å². The van der Waals surface area contributed by atoms with Crippen LogP contribution in [-0.4, -0.2) is 39.2 Å². The Labute approximate surface area is 124 Å². The Balaban J connectivity index is 1.71. The largest absolute Gasteiger partial charge is 0.368 e. The van der Waals surface area contributed by atoms with E-state index in [9.17, 15) is 4.79 Å². The van der Waals surface area contributed by atoms with E-state index < -0.39 is 0 Å². The Kier molecular flexibility index (Phi) is 4.48. The zero-order chi connectivity index (χ0) is 14.7. The zero-order valence-electron chi connectivity index (χ0n) is 12.4. The number of tetrazole rings is 1. The van der Waals surface area contributed by atoms with Gasteiger partial charge in [-0.3, -0.25) is 4.79 Å². The van der Waals surface area contributed by atoms with Gasteiger partial charge in [0.15, 0.2) is 5.82 Å². The molecule has 2 fully saturated rings. The lowest BCUT2D eigenvalue weighted by Crippen LogP contribution is -2.42. The Hall–Kier alpha value is -1.50. The number of nitrogens with zero attached hydrogens (tertiary/aromatic N) is 3. The summed E-state index contributed by atoms with van der Waals surface area (Å²) in [4.78, 5) is 12.5. The molecule has 1 amide bonds. The molecule has 0 spiro atoms. The van der Waals surface area contributed by atoms with Gasteiger partial charge in [0.05, 0.1) is 6.04 Å². The van der Waals surface area contributed by atoms with Gasteiger partial charge in [0.1, 0.15) is 6.10 Å². The van der Waals surface area contributed by atoms with Crippen molar-refractivity contribution >= 4 is 5.91 Å². The van der Waals surface area contributed by atoms with Crippen molar-refractivity contribution in [3.8, 4) is 0 Å². The zero-order valence-corrected chi connectivity index (χ0v) is 12.4. The van der Waals surface area contributed by atoms with Crippen LogP contribution < -0.4 is 5.32 Å². The first-order valence-electron chi connectivity index (χ1n) is 7.91. The third-order valence-corrected chi connectivity index (χ3v) is 4.70. The van der Waals surface area contributed by atoms with E-state index in [2.05, 4.69) is 32.9 Å². The number of nitrogens with one attached hydrogen (secondary N) is 2. The lowest BCUT2D eigenvalue weighted by molar-refractivity contribution is -0.132. The van der Waals surface area contributed by atoms with Crippen molar-refractivity contribution < 1.29 is 9.53 Å². The summed E-state index contributed by atoms with van der Waals surface area (Å²) in [6.07, 6.45) is 6.46. The second-order valence-corrected chi connectivity index (χ2v) is 6.21. The summed E-state index contributed by atoms with van der Waals surface area (Å²) in [5.41, 5.74) is 0. The number of hydrogen-bond donors (Lipinski definition) is 2. The summed E-state index contributed by atoms with van der Waals surface area (Å²) in [7, 11) is 0. The van der Waals surface area contributed by atoms with Gasteiger partial charge in [0, 0.05) is 6.61 Å². The van der Waals surface area contributed by atoms with Crippen molar-refractivity contribution in [1.82, 2.24) is 25.9 Å². The van der Waals surface area contributed by atoms with Crippen LogP contribution in [0.4, 0.5) is 0 Å². The second kappa shape index (κ2) is 6.51. The summed E-state index contributed by atoms with van der Waals surface area (Å²) < 4.78 is 5.56. The topological polar surface area (TPSA) is 92.8 Å². The van der Waals surface area contributed by atoms with Crippen LogP contribution >= 0.6 is 0 Å². The molecule has 1 aliphatic carbocycles. The molecule has 3 rings (SSSR count). The van der Waals surface area contributed by atoms with Gasteiger partial charge in [0.25, 0.3) is 0 Å². The monoisotopic (exact) mass is 293 g/mol. The van der Waals surface area contributed by atoms with E-state index in [1.165, 1.54) is 19.3 Å².